The van der Waals surface area contributed by atoms with E-state index in [1.165, 1.54) is 4.90 Å². The number of carbonyl (C=O) groups is 2. The zero-order chi connectivity index (χ0) is 12.6. The average molecular weight is 298 g/mol. The molecule has 1 fully saturated rings. The molecule has 0 bridgehead atoms. The molecule has 0 aliphatic carbocycles. The maximum absolute atomic E-state index is 11.7. The summed E-state index contributed by atoms with van der Waals surface area (Å²) in [5.41, 5.74) is 0.643. The van der Waals surface area contributed by atoms with Gasteiger partial charge in [-0.2, -0.15) is 5.26 Å². The van der Waals surface area contributed by atoms with Crippen molar-refractivity contribution in [3.63, 3.8) is 0 Å². The predicted molar refractivity (Wildman–Crippen MR) is 63.7 cm³/mol. The van der Waals surface area contributed by atoms with Gasteiger partial charge in [0.15, 0.2) is 0 Å². The van der Waals surface area contributed by atoms with Gasteiger partial charge in [0.05, 0.1) is 10.9 Å². The Balaban J connectivity index is 2.28. The molecule has 1 saturated heterocycles. The lowest BCUT2D eigenvalue weighted by Crippen LogP contribution is -2.53. The van der Waals surface area contributed by atoms with E-state index in [4.69, 9.17) is 5.26 Å². The molecule has 0 saturated carbocycles. The molecule has 2 aliphatic heterocycles. The van der Waals surface area contributed by atoms with Crippen LogP contribution in [0, 0.1) is 11.3 Å². The second kappa shape index (κ2) is 4.49. The minimum atomic E-state index is -0.324. The summed E-state index contributed by atoms with van der Waals surface area (Å²) in [4.78, 5) is 26.4. The maximum Gasteiger partial charge on any atom is 0.231 e. The molecule has 0 aromatic carbocycles. The summed E-state index contributed by atoms with van der Waals surface area (Å²) in [5.74, 6) is -0.268. The summed E-state index contributed by atoms with van der Waals surface area (Å²) in [7, 11) is 1.77. The number of hydrogen-bond donors (Lipinski definition) is 0. The number of allylic oxidation sites excluding steroid dienone is 1. The first kappa shape index (κ1) is 12.1. The standard InChI is InChI=1S/C11H12BrN3O2/c1-14-6-7(5-13)4-8(12)11(14)15-9(16)2-3-10(15)17/h6,8,11H,2-4H2,1H3/t8-,11+/m0/s1. The van der Waals surface area contributed by atoms with Crippen molar-refractivity contribution in [3.8, 4) is 6.07 Å². The Morgan fingerprint density at radius 1 is 1.41 bits per heavy atom. The van der Waals surface area contributed by atoms with Crippen molar-refractivity contribution in [3.05, 3.63) is 11.8 Å². The Hall–Kier alpha value is -1.35. The van der Waals surface area contributed by atoms with E-state index in [9.17, 15) is 9.59 Å². The highest BCUT2D eigenvalue weighted by Gasteiger charge is 2.41. The summed E-state index contributed by atoms with van der Waals surface area (Å²) in [6, 6.07) is 2.10. The van der Waals surface area contributed by atoms with Gasteiger partial charge < -0.3 is 4.90 Å². The van der Waals surface area contributed by atoms with E-state index in [2.05, 4.69) is 22.0 Å². The molecular formula is C11H12BrN3O2. The first-order chi connectivity index (χ1) is 8.04. The van der Waals surface area contributed by atoms with Crippen LogP contribution < -0.4 is 0 Å². The quantitative estimate of drug-likeness (QED) is 0.534. The third-order valence-electron chi connectivity index (χ3n) is 3.01. The molecule has 0 N–H and O–H groups in total. The number of alkyl halides is 1. The van der Waals surface area contributed by atoms with Gasteiger partial charge in [0.2, 0.25) is 11.8 Å². The van der Waals surface area contributed by atoms with Gasteiger partial charge in [-0.25, -0.2) is 0 Å². The van der Waals surface area contributed by atoms with Crippen LogP contribution in [0.3, 0.4) is 0 Å². The molecule has 2 rings (SSSR count). The van der Waals surface area contributed by atoms with Crippen molar-refractivity contribution in [1.29, 1.82) is 5.26 Å². The molecule has 2 amide bonds. The second-order valence-electron chi connectivity index (χ2n) is 4.22. The topological polar surface area (TPSA) is 64.4 Å². The highest BCUT2D eigenvalue weighted by atomic mass is 79.9. The van der Waals surface area contributed by atoms with E-state index >= 15 is 0 Å². The maximum atomic E-state index is 11.7. The van der Waals surface area contributed by atoms with Gasteiger partial charge in [-0.1, -0.05) is 15.9 Å². The van der Waals surface area contributed by atoms with Crippen molar-refractivity contribution in [2.24, 2.45) is 0 Å². The number of nitriles is 1. The number of amides is 2. The highest BCUT2D eigenvalue weighted by Crippen LogP contribution is 2.30. The molecule has 0 unspecified atom stereocenters. The van der Waals surface area contributed by atoms with Crippen LogP contribution in [0.4, 0.5) is 0 Å². The zero-order valence-corrected chi connectivity index (χ0v) is 11.0. The zero-order valence-electron chi connectivity index (χ0n) is 9.39. The number of carbonyl (C=O) groups excluding carboxylic acids is 2. The number of halogens is 1. The molecule has 0 aromatic rings. The van der Waals surface area contributed by atoms with Crippen LogP contribution in [0.1, 0.15) is 19.3 Å². The van der Waals surface area contributed by atoms with E-state index < -0.39 is 0 Å². The summed E-state index contributed by atoms with van der Waals surface area (Å²) >= 11 is 3.46. The molecule has 17 heavy (non-hydrogen) atoms. The van der Waals surface area contributed by atoms with E-state index in [1.807, 2.05) is 0 Å². The Morgan fingerprint density at radius 3 is 2.47 bits per heavy atom. The van der Waals surface area contributed by atoms with Gasteiger partial charge >= 0.3 is 0 Å². The third-order valence-corrected chi connectivity index (χ3v) is 3.81. The van der Waals surface area contributed by atoms with Gasteiger partial charge in [-0.15, -0.1) is 0 Å². The fraction of sp³-hybridized carbons (Fsp3) is 0.545. The minimum Gasteiger partial charge on any atom is -0.358 e. The van der Waals surface area contributed by atoms with Crippen molar-refractivity contribution >= 4 is 27.7 Å². The average Bonchev–Trinajstić information content (AvgIpc) is 2.59. The summed E-state index contributed by atoms with van der Waals surface area (Å²) in [6.45, 7) is 0. The van der Waals surface area contributed by atoms with Gasteiger partial charge in [0, 0.05) is 38.1 Å². The van der Waals surface area contributed by atoms with Crippen LogP contribution in [0.25, 0.3) is 0 Å². The summed E-state index contributed by atoms with van der Waals surface area (Å²) in [5, 5.41) is 8.87. The minimum absolute atomic E-state index is 0.0989. The molecule has 2 aliphatic rings. The lowest BCUT2D eigenvalue weighted by Gasteiger charge is -2.39. The molecular weight excluding hydrogens is 286 g/mol. The molecule has 0 radical (unpaired) electrons. The van der Waals surface area contributed by atoms with Gasteiger partial charge in [0.25, 0.3) is 0 Å². The molecule has 0 spiro atoms. The van der Waals surface area contributed by atoms with E-state index in [0.29, 0.717) is 12.0 Å². The Morgan fingerprint density at radius 2 is 2.00 bits per heavy atom. The van der Waals surface area contributed by atoms with E-state index in [0.717, 1.165) is 0 Å². The van der Waals surface area contributed by atoms with Crippen molar-refractivity contribution in [2.45, 2.75) is 30.3 Å². The molecule has 0 aromatic heterocycles. The fourth-order valence-corrected chi connectivity index (χ4v) is 3.21. The van der Waals surface area contributed by atoms with Crippen LogP contribution in [0.5, 0.6) is 0 Å². The van der Waals surface area contributed by atoms with Crippen molar-refractivity contribution in [2.75, 3.05) is 7.05 Å². The van der Waals surface area contributed by atoms with Gasteiger partial charge in [-0.05, 0) is 0 Å². The van der Waals surface area contributed by atoms with Gasteiger partial charge in [0.1, 0.15) is 6.17 Å². The first-order valence-electron chi connectivity index (χ1n) is 5.36. The Kier molecular flexibility index (Phi) is 3.20. The van der Waals surface area contributed by atoms with Gasteiger partial charge in [-0.3, -0.25) is 14.5 Å². The largest absolute Gasteiger partial charge is 0.358 e. The van der Waals surface area contributed by atoms with Crippen LogP contribution in [-0.4, -0.2) is 39.7 Å². The number of likely N-dealkylation sites (tertiary alicyclic amines) is 1. The number of nitrogens with zero attached hydrogens (tertiary/aromatic N) is 3. The van der Waals surface area contributed by atoms with E-state index in [1.54, 1.807) is 18.1 Å². The molecule has 6 heteroatoms. The van der Waals surface area contributed by atoms with Crippen LogP contribution in [-0.2, 0) is 9.59 Å². The van der Waals surface area contributed by atoms with E-state index in [-0.39, 0.29) is 35.6 Å². The third kappa shape index (κ3) is 2.07. The Labute approximate surface area is 108 Å². The monoisotopic (exact) mass is 297 g/mol. The summed E-state index contributed by atoms with van der Waals surface area (Å²) in [6.07, 6.45) is 2.48. The second-order valence-corrected chi connectivity index (χ2v) is 5.40. The lowest BCUT2D eigenvalue weighted by atomic mass is 10.1. The smallest absolute Gasteiger partial charge is 0.231 e. The van der Waals surface area contributed by atoms with Crippen LogP contribution in [0.15, 0.2) is 11.8 Å². The van der Waals surface area contributed by atoms with Crippen molar-refractivity contribution in [1.82, 2.24) is 9.80 Å². The number of hydrogen-bond acceptors (Lipinski definition) is 4. The molecule has 5 nitrogen and oxygen atoms in total. The SMILES string of the molecule is CN1C=C(C#N)C[C@H](Br)[C@H]1N1C(=O)CCC1=O. The number of rotatable bonds is 1. The predicted octanol–water partition coefficient (Wildman–Crippen LogP) is 0.968. The Bertz CT molecular complexity index is 424. The molecule has 90 valence electrons. The normalized spacial score (nSPS) is 29.4. The number of imide groups is 1. The molecule has 2 heterocycles. The lowest BCUT2D eigenvalue weighted by molar-refractivity contribution is -0.144. The molecule has 2 atom stereocenters. The van der Waals surface area contributed by atoms with Crippen LogP contribution >= 0.6 is 15.9 Å². The first-order valence-corrected chi connectivity index (χ1v) is 6.28. The summed E-state index contributed by atoms with van der Waals surface area (Å²) < 4.78 is 0. The highest BCUT2D eigenvalue weighted by molar-refractivity contribution is 9.09. The van der Waals surface area contributed by atoms with Crippen molar-refractivity contribution < 1.29 is 9.59 Å². The fourth-order valence-electron chi connectivity index (χ4n) is 2.25. The van der Waals surface area contributed by atoms with Crippen LogP contribution in [0.2, 0.25) is 0 Å².